The second-order valence-electron chi connectivity index (χ2n) is 3.41. The highest BCUT2D eigenvalue weighted by Crippen LogP contribution is 2.20. The molecule has 1 heterocycles. The molecule has 0 aromatic carbocycles. The summed E-state index contributed by atoms with van der Waals surface area (Å²) in [6, 6.07) is 0. The van der Waals surface area contributed by atoms with Crippen LogP contribution >= 0.6 is 0 Å². The van der Waals surface area contributed by atoms with Crippen molar-refractivity contribution in [1.82, 2.24) is 0 Å². The molecule has 0 saturated carbocycles. The Kier molecular flexibility index (Phi) is 4.60. The summed E-state index contributed by atoms with van der Waals surface area (Å²) in [7, 11) is 0. The largest absolute Gasteiger partial charge is 0.381 e. The molecule has 0 atom stereocenters. The number of hydrogen-bond acceptors (Lipinski definition) is 1. The summed E-state index contributed by atoms with van der Waals surface area (Å²) in [5.74, 6) is 0.954. The Bertz CT molecular complexity index is 84.9. The van der Waals surface area contributed by atoms with Gasteiger partial charge < -0.3 is 4.74 Å². The van der Waals surface area contributed by atoms with E-state index in [4.69, 9.17) is 4.74 Å². The Balaban J connectivity index is 1.96. The molecule has 0 amide bonds. The third kappa shape index (κ3) is 3.76. The summed E-state index contributed by atoms with van der Waals surface area (Å²) in [5, 5.41) is 0. The first-order chi connectivity index (χ1) is 5.43. The minimum atomic E-state index is 0.954. The molecule has 0 aliphatic carbocycles. The van der Waals surface area contributed by atoms with Crippen molar-refractivity contribution in [3.05, 3.63) is 6.92 Å². The van der Waals surface area contributed by atoms with Gasteiger partial charge in [0.1, 0.15) is 0 Å². The van der Waals surface area contributed by atoms with Crippen LogP contribution in [-0.2, 0) is 4.74 Å². The quantitative estimate of drug-likeness (QED) is 0.567. The van der Waals surface area contributed by atoms with Crippen LogP contribution in [0.4, 0.5) is 0 Å². The molecule has 1 radical (unpaired) electrons. The van der Waals surface area contributed by atoms with Gasteiger partial charge in [0.2, 0.25) is 0 Å². The van der Waals surface area contributed by atoms with Gasteiger partial charge in [0, 0.05) is 13.2 Å². The fraction of sp³-hybridized carbons (Fsp3) is 0.900. The van der Waals surface area contributed by atoms with Crippen LogP contribution in [-0.4, -0.2) is 13.2 Å². The number of ether oxygens (including phenoxy) is 1. The van der Waals surface area contributed by atoms with Gasteiger partial charge >= 0.3 is 0 Å². The van der Waals surface area contributed by atoms with E-state index in [1.165, 1.54) is 32.1 Å². The zero-order chi connectivity index (χ0) is 7.94. The molecule has 0 aromatic rings. The minimum Gasteiger partial charge on any atom is -0.381 e. The van der Waals surface area contributed by atoms with Crippen molar-refractivity contribution in [1.29, 1.82) is 0 Å². The number of hydrogen-bond donors (Lipinski definition) is 0. The predicted molar refractivity (Wildman–Crippen MR) is 47.4 cm³/mol. The molecule has 0 unspecified atom stereocenters. The Morgan fingerprint density at radius 2 is 1.91 bits per heavy atom. The van der Waals surface area contributed by atoms with E-state index >= 15 is 0 Å². The summed E-state index contributed by atoms with van der Waals surface area (Å²) < 4.78 is 5.29. The summed E-state index contributed by atoms with van der Waals surface area (Å²) in [6.07, 6.45) is 7.75. The van der Waals surface area contributed by atoms with E-state index in [1.807, 2.05) is 0 Å². The molecule has 0 bridgehead atoms. The molecule has 65 valence electrons. The van der Waals surface area contributed by atoms with Crippen LogP contribution in [0, 0.1) is 12.8 Å². The monoisotopic (exact) mass is 155 g/mol. The van der Waals surface area contributed by atoms with Gasteiger partial charge in [-0.15, -0.1) is 0 Å². The molecular formula is C10H19O. The van der Waals surface area contributed by atoms with Crippen molar-refractivity contribution in [2.75, 3.05) is 13.2 Å². The van der Waals surface area contributed by atoms with E-state index in [-0.39, 0.29) is 0 Å². The molecule has 1 fully saturated rings. The molecule has 1 nitrogen and oxygen atoms in total. The van der Waals surface area contributed by atoms with Crippen molar-refractivity contribution in [3.8, 4) is 0 Å². The summed E-state index contributed by atoms with van der Waals surface area (Å²) in [6.45, 7) is 5.83. The van der Waals surface area contributed by atoms with Crippen LogP contribution in [0.15, 0.2) is 0 Å². The maximum atomic E-state index is 5.29. The lowest BCUT2D eigenvalue weighted by Crippen LogP contribution is -2.15. The van der Waals surface area contributed by atoms with Crippen LogP contribution in [0.3, 0.4) is 0 Å². The van der Waals surface area contributed by atoms with Gasteiger partial charge in [-0.3, -0.25) is 0 Å². The highest BCUT2D eigenvalue weighted by atomic mass is 16.5. The highest BCUT2D eigenvalue weighted by Gasteiger charge is 2.12. The van der Waals surface area contributed by atoms with E-state index in [0.29, 0.717) is 0 Å². The van der Waals surface area contributed by atoms with Gasteiger partial charge in [-0.05, 0) is 18.8 Å². The first-order valence-electron chi connectivity index (χ1n) is 4.80. The number of unbranched alkanes of at least 4 members (excludes halogenated alkanes) is 2. The normalized spacial score (nSPS) is 20.5. The van der Waals surface area contributed by atoms with Crippen LogP contribution < -0.4 is 0 Å². The van der Waals surface area contributed by atoms with Gasteiger partial charge in [-0.1, -0.05) is 32.6 Å². The van der Waals surface area contributed by atoms with E-state index < -0.39 is 0 Å². The summed E-state index contributed by atoms with van der Waals surface area (Å²) >= 11 is 0. The van der Waals surface area contributed by atoms with E-state index in [9.17, 15) is 0 Å². The summed E-state index contributed by atoms with van der Waals surface area (Å²) in [5.41, 5.74) is 0. The van der Waals surface area contributed by atoms with Gasteiger partial charge in [0.05, 0.1) is 0 Å². The fourth-order valence-electron chi connectivity index (χ4n) is 1.64. The molecule has 0 spiro atoms. The van der Waals surface area contributed by atoms with E-state index in [2.05, 4.69) is 6.92 Å². The van der Waals surface area contributed by atoms with E-state index in [0.717, 1.165) is 25.6 Å². The second-order valence-corrected chi connectivity index (χ2v) is 3.41. The molecule has 0 N–H and O–H groups in total. The third-order valence-corrected chi connectivity index (χ3v) is 2.45. The first kappa shape index (κ1) is 9.05. The second kappa shape index (κ2) is 5.59. The van der Waals surface area contributed by atoms with Gasteiger partial charge in [-0.25, -0.2) is 0 Å². The average Bonchev–Trinajstić information content (AvgIpc) is 2.07. The van der Waals surface area contributed by atoms with Gasteiger partial charge in [0.25, 0.3) is 0 Å². The maximum Gasteiger partial charge on any atom is 0.0468 e. The standard InChI is InChI=1S/C10H19O/c1-2-3-4-5-10-6-8-11-9-7-10/h10H,1-9H2. The lowest BCUT2D eigenvalue weighted by atomic mass is 9.94. The smallest absolute Gasteiger partial charge is 0.0468 e. The van der Waals surface area contributed by atoms with Gasteiger partial charge in [0.15, 0.2) is 0 Å². The Morgan fingerprint density at radius 1 is 1.18 bits per heavy atom. The highest BCUT2D eigenvalue weighted by molar-refractivity contribution is 4.63. The lowest BCUT2D eigenvalue weighted by Gasteiger charge is -2.21. The topological polar surface area (TPSA) is 9.23 Å². The molecule has 1 aliphatic heterocycles. The van der Waals surface area contributed by atoms with Crippen molar-refractivity contribution in [2.45, 2.75) is 38.5 Å². The van der Waals surface area contributed by atoms with Crippen molar-refractivity contribution < 1.29 is 4.74 Å². The molecule has 11 heavy (non-hydrogen) atoms. The predicted octanol–water partition coefficient (Wildman–Crippen LogP) is 2.81. The Labute approximate surface area is 70.1 Å². The van der Waals surface area contributed by atoms with Gasteiger partial charge in [-0.2, -0.15) is 0 Å². The zero-order valence-corrected chi connectivity index (χ0v) is 7.35. The SMILES string of the molecule is [CH2]CCCCC1CCOCC1. The molecule has 1 heteroatoms. The third-order valence-electron chi connectivity index (χ3n) is 2.45. The summed E-state index contributed by atoms with van der Waals surface area (Å²) in [4.78, 5) is 0. The minimum absolute atomic E-state index is 0.954. The van der Waals surface area contributed by atoms with E-state index in [1.54, 1.807) is 0 Å². The van der Waals surface area contributed by atoms with Crippen LogP contribution in [0.2, 0.25) is 0 Å². The van der Waals surface area contributed by atoms with Crippen molar-refractivity contribution in [3.63, 3.8) is 0 Å². The maximum absolute atomic E-state index is 5.29. The number of rotatable bonds is 4. The van der Waals surface area contributed by atoms with Crippen molar-refractivity contribution in [2.24, 2.45) is 5.92 Å². The Morgan fingerprint density at radius 3 is 2.55 bits per heavy atom. The molecule has 1 aliphatic rings. The Hall–Kier alpha value is -0.0400. The lowest BCUT2D eigenvalue weighted by molar-refractivity contribution is 0.0632. The molecule has 0 aromatic heterocycles. The molecule has 1 saturated heterocycles. The van der Waals surface area contributed by atoms with Crippen LogP contribution in [0.5, 0.6) is 0 Å². The zero-order valence-electron chi connectivity index (χ0n) is 7.35. The van der Waals surface area contributed by atoms with Crippen LogP contribution in [0.25, 0.3) is 0 Å². The fourth-order valence-corrected chi connectivity index (χ4v) is 1.64. The molecule has 1 rings (SSSR count). The van der Waals surface area contributed by atoms with Crippen molar-refractivity contribution >= 4 is 0 Å². The average molecular weight is 155 g/mol. The molecular weight excluding hydrogens is 136 g/mol. The first-order valence-corrected chi connectivity index (χ1v) is 4.80. The van der Waals surface area contributed by atoms with Crippen LogP contribution in [0.1, 0.15) is 38.5 Å².